The quantitative estimate of drug-likeness (QED) is 0.861. The number of furan rings is 1. The third kappa shape index (κ3) is 1.79. The maximum atomic E-state index is 12.5. The summed E-state index contributed by atoms with van der Waals surface area (Å²) < 4.78 is 32.0. The van der Waals surface area contributed by atoms with Crippen molar-refractivity contribution in [2.45, 2.75) is 18.7 Å². The Morgan fingerprint density at radius 1 is 1.28 bits per heavy atom. The van der Waals surface area contributed by atoms with Crippen LogP contribution in [0.4, 0.5) is 0 Å². The van der Waals surface area contributed by atoms with Crippen molar-refractivity contribution in [3.8, 4) is 0 Å². The highest BCUT2D eigenvalue weighted by Gasteiger charge is 2.42. The monoisotopic (exact) mass is 270 g/mol. The Morgan fingerprint density at radius 2 is 1.89 bits per heavy atom. The van der Waals surface area contributed by atoms with Crippen LogP contribution in [0, 0.1) is 25.7 Å². The first kappa shape index (κ1) is 12.2. The van der Waals surface area contributed by atoms with Gasteiger partial charge in [0.1, 0.15) is 16.4 Å². The normalized spacial score (nSPS) is 28.8. The van der Waals surface area contributed by atoms with Gasteiger partial charge in [-0.15, -0.1) is 0 Å². The van der Waals surface area contributed by atoms with E-state index in [-0.39, 0.29) is 0 Å². The van der Waals surface area contributed by atoms with Crippen LogP contribution in [-0.4, -0.2) is 38.9 Å². The number of hydrogen-bond donors (Lipinski definition) is 1. The average Bonchev–Trinajstić information content (AvgIpc) is 2.90. The standard InChI is InChI=1S/C12H18N2O3S/c1-8-3-12(9(2)17-8)18(15,16)14-6-10-4-13-5-11(10)7-14/h3,10-11,13H,4-7H2,1-2H3/t10-,11+. The highest BCUT2D eigenvalue weighted by molar-refractivity contribution is 7.89. The molecule has 1 aromatic rings. The van der Waals surface area contributed by atoms with Gasteiger partial charge in [0.2, 0.25) is 10.0 Å². The van der Waals surface area contributed by atoms with Crippen molar-refractivity contribution in [3.05, 3.63) is 17.6 Å². The van der Waals surface area contributed by atoms with E-state index in [1.807, 2.05) is 0 Å². The van der Waals surface area contributed by atoms with E-state index < -0.39 is 10.0 Å². The molecule has 0 aliphatic carbocycles. The zero-order valence-electron chi connectivity index (χ0n) is 10.6. The minimum atomic E-state index is -3.38. The van der Waals surface area contributed by atoms with Crippen LogP contribution in [0.1, 0.15) is 11.5 Å². The summed E-state index contributed by atoms with van der Waals surface area (Å²) in [6, 6.07) is 1.62. The Morgan fingerprint density at radius 3 is 2.39 bits per heavy atom. The zero-order chi connectivity index (χ0) is 12.9. The first-order valence-corrected chi connectivity index (χ1v) is 7.70. The topological polar surface area (TPSA) is 62.6 Å². The van der Waals surface area contributed by atoms with Crippen molar-refractivity contribution >= 4 is 10.0 Å². The Labute approximate surface area is 107 Å². The second-order valence-electron chi connectivity index (χ2n) is 5.28. The van der Waals surface area contributed by atoms with Crippen molar-refractivity contribution < 1.29 is 12.8 Å². The lowest BCUT2D eigenvalue weighted by Crippen LogP contribution is -2.32. The van der Waals surface area contributed by atoms with Crippen molar-refractivity contribution in [3.63, 3.8) is 0 Å². The number of aryl methyl sites for hydroxylation is 2. The number of rotatable bonds is 2. The smallest absolute Gasteiger partial charge is 0.246 e. The lowest BCUT2D eigenvalue weighted by Gasteiger charge is -2.16. The molecule has 0 saturated carbocycles. The Hall–Kier alpha value is -0.850. The maximum Gasteiger partial charge on any atom is 0.246 e. The molecule has 6 heteroatoms. The van der Waals surface area contributed by atoms with Gasteiger partial charge in [0.05, 0.1) is 0 Å². The van der Waals surface area contributed by atoms with E-state index in [1.165, 1.54) is 0 Å². The number of hydrogen-bond acceptors (Lipinski definition) is 4. The van der Waals surface area contributed by atoms with E-state index in [9.17, 15) is 8.42 Å². The molecule has 0 aromatic carbocycles. The van der Waals surface area contributed by atoms with Crippen LogP contribution in [0.25, 0.3) is 0 Å². The number of sulfonamides is 1. The van der Waals surface area contributed by atoms with Crippen LogP contribution in [0.3, 0.4) is 0 Å². The number of fused-ring (bicyclic) bond motifs is 1. The maximum absolute atomic E-state index is 12.5. The second-order valence-corrected chi connectivity index (χ2v) is 7.18. The molecule has 3 rings (SSSR count). The van der Waals surface area contributed by atoms with Crippen LogP contribution in [-0.2, 0) is 10.0 Å². The van der Waals surface area contributed by atoms with Gasteiger partial charge in [-0.25, -0.2) is 8.42 Å². The van der Waals surface area contributed by atoms with E-state index >= 15 is 0 Å². The Bertz CT molecular complexity index is 552. The SMILES string of the molecule is Cc1cc(S(=O)(=O)N2C[C@H]3CNC[C@H]3C2)c(C)o1. The predicted octanol–water partition coefficient (Wildman–Crippen LogP) is 0.736. The highest BCUT2D eigenvalue weighted by Crippen LogP contribution is 2.32. The first-order valence-electron chi connectivity index (χ1n) is 6.26. The minimum Gasteiger partial charge on any atom is -0.465 e. The lowest BCUT2D eigenvalue weighted by atomic mass is 10.0. The van der Waals surface area contributed by atoms with Gasteiger partial charge in [-0.05, 0) is 44.8 Å². The number of nitrogens with one attached hydrogen (secondary N) is 1. The van der Waals surface area contributed by atoms with E-state index in [4.69, 9.17) is 4.42 Å². The summed E-state index contributed by atoms with van der Waals surface area (Å²) in [6.45, 7) is 6.60. The molecule has 0 radical (unpaired) electrons. The summed E-state index contributed by atoms with van der Waals surface area (Å²) in [5, 5.41) is 3.31. The van der Waals surface area contributed by atoms with E-state index in [2.05, 4.69) is 5.32 Å². The predicted molar refractivity (Wildman–Crippen MR) is 66.8 cm³/mol. The molecule has 0 bridgehead atoms. The van der Waals surface area contributed by atoms with Crippen molar-refractivity contribution in [2.75, 3.05) is 26.2 Å². The van der Waals surface area contributed by atoms with E-state index in [0.29, 0.717) is 41.3 Å². The summed E-state index contributed by atoms with van der Waals surface area (Å²) in [5.41, 5.74) is 0. The van der Waals surface area contributed by atoms with E-state index in [1.54, 1.807) is 24.2 Å². The fourth-order valence-corrected chi connectivity index (χ4v) is 4.78. The van der Waals surface area contributed by atoms with Gasteiger partial charge in [0, 0.05) is 13.1 Å². The van der Waals surface area contributed by atoms with Gasteiger partial charge < -0.3 is 9.73 Å². The fraction of sp³-hybridized carbons (Fsp3) is 0.667. The third-order valence-corrected chi connectivity index (χ3v) is 5.91. The molecule has 2 saturated heterocycles. The summed E-state index contributed by atoms with van der Waals surface area (Å²) in [5.74, 6) is 2.07. The van der Waals surface area contributed by atoms with Crippen LogP contribution in [0.2, 0.25) is 0 Å². The van der Waals surface area contributed by atoms with Crippen LogP contribution >= 0.6 is 0 Å². The van der Waals surface area contributed by atoms with Gasteiger partial charge >= 0.3 is 0 Å². The molecule has 3 heterocycles. The molecule has 1 N–H and O–H groups in total. The van der Waals surface area contributed by atoms with Gasteiger partial charge in [0.25, 0.3) is 0 Å². The molecule has 2 aliphatic rings. The van der Waals surface area contributed by atoms with Gasteiger partial charge in [-0.2, -0.15) is 4.31 Å². The van der Waals surface area contributed by atoms with Gasteiger partial charge in [0.15, 0.2) is 0 Å². The Kier molecular flexibility index (Phi) is 2.76. The average molecular weight is 270 g/mol. The van der Waals surface area contributed by atoms with Gasteiger partial charge in [-0.3, -0.25) is 0 Å². The fourth-order valence-electron chi connectivity index (χ4n) is 3.01. The molecule has 2 fully saturated rings. The van der Waals surface area contributed by atoms with Gasteiger partial charge in [-0.1, -0.05) is 0 Å². The van der Waals surface area contributed by atoms with E-state index in [0.717, 1.165) is 13.1 Å². The van der Waals surface area contributed by atoms with Crippen molar-refractivity contribution in [1.29, 1.82) is 0 Å². The molecule has 1 aromatic heterocycles. The molecular formula is C12H18N2O3S. The summed E-state index contributed by atoms with van der Waals surface area (Å²) in [7, 11) is -3.38. The molecule has 0 unspecified atom stereocenters. The largest absolute Gasteiger partial charge is 0.465 e. The highest BCUT2D eigenvalue weighted by atomic mass is 32.2. The van der Waals surface area contributed by atoms with Crippen molar-refractivity contribution in [2.24, 2.45) is 11.8 Å². The molecular weight excluding hydrogens is 252 g/mol. The lowest BCUT2D eigenvalue weighted by molar-refractivity contribution is 0.443. The third-order valence-electron chi connectivity index (χ3n) is 3.97. The zero-order valence-corrected chi connectivity index (χ0v) is 11.5. The molecule has 18 heavy (non-hydrogen) atoms. The second kappa shape index (κ2) is 4.08. The summed E-state index contributed by atoms with van der Waals surface area (Å²) in [4.78, 5) is 0.327. The van der Waals surface area contributed by atoms with Crippen LogP contribution < -0.4 is 5.32 Å². The minimum absolute atomic E-state index is 0.327. The molecule has 0 spiro atoms. The molecule has 5 nitrogen and oxygen atoms in total. The molecule has 2 aliphatic heterocycles. The van der Waals surface area contributed by atoms with Crippen LogP contribution in [0.15, 0.2) is 15.4 Å². The Balaban J connectivity index is 1.90. The van der Waals surface area contributed by atoms with Crippen LogP contribution in [0.5, 0.6) is 0 Å². The van der Waals surface area contributed by atoms with Crippen molar-refractivity contribution in [1.82, 2.24) is 9.62 Å². The molecule has 0 amide bonds. The molecule has 100 valence electrons. The summed E-state index contributed by atoms with van der Waals surface area (Å²) in [6.07, 6.45) is 0. The number of nitrogens with zero attached hydrogens (tertiary/aromatic N) is 1. The first-order chi connectivity index (χ1) is 8.48. The molecule has 2 atom stereocenters. The summed E-state index contributed by atoms with van der Waals surface area (Å²) >= 11 is 0.